The molecule has 0 aliphatic carbocycles. The van der Waals surface area contributed by atoms with Crippen LogP contribution in [0.2, 0.25) is 0 Å². The second-order valence-electron chi connectivity index (χ2n) is 4.66. The van der Waals surface area contributed by atoms with E-state index in [1.807, 2.05) is 39.0 Å². The van der Waals surface area contributed by atoms with E-state index in [9.17, 15) is 4.79 Å². The monoisotopic (exact) mass is 323 g/mol. The minimum atomic E-state index is -1.09. The molecule has 0 fully saturated rings. The van der Waals surface area contributed by atoms with Crippen molar-refractivity contribution < 1.29 is 14.3 Å². The molecule has 0 amide bonds. The molecule has 4 nitrogen and oxygen atoms in total. The van der Waals surface area contributed by atoms with Gasteiger partial charge in [0.05, 0.1) is 5.69 Å². The third-order valence-electron chi connectivity index (χ3n) is 2.81. The van der Waals surface area contributed by atoms with Gasteiger partial charge in [-0.25, -0.2) is 9.78 Å². The number of carboxylic acid groups (broad SMARTS) is 1. The second-order valence-corrected chi connectivity index (χ2v) is 5.51. The summed E-state index contributed by atoms with van der Waals surface area (Å²) < 4.78 is 6.32. The average molecular weight is 324 g/mol. The predicted octanol–water partition coefficient (Wildman–Crippen LogP) is 4.23. The Hall–Kier alpha value is -1.62. The van der Waals surface area contributed by atoms with Crippen molar-refractivity contribution >= 4 is 21.9 Å². The zero-order valence-electron chi connectivity index (χ0n) is 10.9. The fraction of sp³-hybridized carbons (Fsp3) is 0.286. The van der Waals surface area contributed by atoms with E-state index in [1.165, 1.54) is 0 Å². The summed E-state index contributed by atoms with van der Waals surface area (Å²) in [5.74, 6) is -0.838. The minimum absolute atomic E-state index is 0.00232. The molecule has 1 heterocycles. The van der Waals surface area contributed by atoms with E-state index in [0.717, 1.165) is 15.6 Å². The molecule has 2 aromatic rings. The molecule has 1 aromatic carbocycles. The molecule has 0 radical (unpaired) electrons. The highest BCUT2D eigenvalue weighted by molar-refractivity contribution is 9.10. The van der Waals surface area contributed by atoms with Crippen molar-refractivity contribution in [3.05, 3.63) is 39.7 Å². The third kappa shape index (κ3) is 2.71. The van der Waals surface area contributed by atoms with Crippen molar-refractivity contribution in [3.8, 4) is 11.5 Å². The number of aromatic carboxylic acids is 1. The zero-order chi connectivity index (χ0) is 14.2. The Kier molecular flexibility index (Phi) is 3.75. The molecule has 0 unspecified atom stereocenters. The molecule has 1 aromatic heterocycles. The summed E-state index contributed by atoms with van der Waals surface area (Å²) in [5, 5.41) is 9.13. The van der Waals surface area contributed by atoms with E-state index >= 15 is 0 Å². The molecule has 2 rings (SSSR count). The molecule has 0 saturated carbocycles. The Morgan fingerprint density at radius 3 is 2.58 bits per heavy atom. The SMILES string of the molecule is Cc1ccc(-c2nc(C(C)C)c(C(=O)O)o2)cc1Br. The van der Waals surface area contributed by atoms with E-state index in [4.69, 9.17) is 9.52 Å². The van der Waals surface area contributed by atoms with Crippen LogP contribution in [0.5, 0.6) is 0 Å². The van der Waals surface area contributed by atoms with Crippen LogP contribution in [0.25, 0.3) is 11.5 Å². The summed E-state index contributed by atoms with van der Waals surface area (Å²) in [5.41, 5.74) is 2.32. The van der Waals surface area contributed by atoms with Crippen molar-refractivity contribution in [1.82, 2.24) is 4.98 Å². The number of hydrogen-bond donors (Lipinski definition) is 1. The van der Waals surface area contributed by atoms with Crippen LogP contribution in [0.3, 0.4) is 0 Å². The highest BCUT2D eigenvalue weighted by Gasteiger charge is 2.22. The van der Waals surface area contributed by atoms with E-state index in [2.05, 4.69) is 20.9 Å². The van der Waals surface area contributed by atoms with Gasteiger partial charge in [-0.05, 0) is 30.5 Å². The summed E-state index contributed by atoms with van der Waals surface area (Å²) in [6.45, 7) is 5.75. The van der Waals surface area contributed by atoms with Gasteiger partial charge in [-0.1, -0.05) is 35.8 Å². The molecule has 19 heavy (non-hydrogen) atoms. The predicted molar refractivity (Wildman–Crippen MR) is 75.4 cm³/mol. The maximum absolute atomic E-state index is 11.1. The van der Waals surface area contributed by atoms with E-state index in [1.54, 1.807) is 0 Å². The topological polar surface area (TPSA) is 63.3 Å². The highest BCUT2D eigenvalue weighted by atomic mass is 79.9. The van der Waals surface area contributed by atoms with Crippen LogP contribution in [-0.4, -0.2) is 16.1 Å². The summed E-state index contributed by atoms with van der Waals surface area (Å²) in [6, 6.07) is 5.66. The Morgan fingerprint density at radius 1 is 1.42 bits per heavy atom. The minimum Gasteiger partial charge on any atom is -0.475 e. The van der Waals surface area contributed by atoms with Crippen LogP contribution in [0.15, 0.2) is 27.1 Å². The molecule has 0 saturated heterocycles. The van der Waals surface area contributed by atoms with Gasteiger partial charge in [0.1, 0.15) is 0 Å². The quantitative estimate of drug-likeness (QED) is 0.917. The van der Waals surface area contributed by atoms with Crippen LogP contribution in [0.1, 0.15) is 41.6 Å². The Balaban J connectivity index is 2.54. The number of hydrogen-bond acceptors (Lipinski definition) is 3. The molecule has 5 heteroatoms. The van der Waals surface area contributed by atoms with Gasteiger partial charge in [0.25, 0.3) is 0 Å². The Bertz CT molecular complexity index is 632. The lowest BCUT2D eigenvalue weighted by atomic mass is 10.1. The maximum atomic E-state index is 11.1. The number of halogens is 1. The van der Waals surface area contributed by atoms with Crippen LogP contribution in [0.4, 0.5) is 0 Å². The molecule has 0 aliphatic rings. The molecule has 1 N–H and O–H groups in total. The fourth-order valence-corrected chi connectivity index (χ4v) is 2.10. The second kappa shape index (κ2) is 5.17. The van der Waals surface area contributed by atoms with Gasteiger partial charge in [-0.3, -0.25) is 0 Å². The van der Waals surface area contributed by atoms with Crippen LogP contribution in [0, 0.1) is 6.92 Å². The number of rotatable bonds is 3. The first kappa shape index (κ1) is 13.8. The lowest BCUT2D eigenvalue weighted by Crippen LogP contribution is -2.01. The summed E-state index contributed by atoms with van der Waals surface area (Å²) in [7, 11) is 0. The molecule has 0 aliphatic heterocycles. The normalized spacial score (nSPS) is 11.0. The van der Waals surface area contributed by atoms with Crippen LogP contribution in [-0.2, 0) is 0 Å². The van der Waals surface area contributed by atoms with E-state index in [0.29, 0.717) is 11.6 Å². The molecular formula is C14H14BrNO3. The summed E-state index contributed by atoms with van der Waals surface area (Å²) in [4.78, 5) is 15.5. The number of carbonyl (C=O) groups is 1. The molecule has 100 valence electrons. The fourth-order valence-electron chi connectivity index (χ4n) is 1.73. The summed E-state index contributed by atoms with van der Waals surface area (Å²) >= 11 is 3.44. The first-order valence-electron chi connectivity index (χ1n) is 5.90. The van der Waals surface area contributed by atoms with Gasteiger partial charge >= 0.3 is 5.97 Å². The smallest absolute Gasteiger partial charge is 0.373 e. The number of oxazole rings is 1. The van der Waals surface area contributed by atoms with Gasteiger partial charge in [-0.15, -0.1) is 0 Å². The standard InChI is InChI=1S/C14H14BrNO3/c1-7(2)11-12(14(17)18)19-13(16-11)9-5-4-8(3)10(15)6-9/h4-7H,1-3H3,(H,17,18). The van der Waals surface area contributed by atoms with Gasteiger partial charge in [0.15, 0.2) is 0 Å². The van der Waals surface area contributed by atoms with Gasteiger partial charge < -0.3 is 9.52 Å². The molecular weight excluding hydrogens is 310 g/mol. The Morgan fingerprint density at radius 2 is 2.11 bits per heavy atom. The van der Waals surface area contributed by atoms with Crippen molar-refractivity contribution in [2.24, 2.45) is 0 Å². The molecule has 0 atom stereocenters. The van der Waals surface area contributed by atoms with Crippen LogP contribution >= 0.6 is 15.9 Å². The number of carboxylic acids is 1. The Labute approximate surface area is 119 Å². The maximum Gasteiger partial charge on any atom is 0.373 e. The number of nitrogens with zero attached hydrogens (tertiary/aromatic N) is 1. The van der Waals surface area contributed by atoms with E-state index in [-0.39, 0.29) is 11.7 Å². The lowest BCUT2D eigenvalue weighted by Gasteiger charge is -2.00. The zero-order valence-corrected chi connectivity index (χ0v) is 12.5. The molecule has 0 spiro atoms. The van der Waals surface area contributed by atoms with Crippen molar-refractivity contribution in [3.63, 3.8) is 0 Å². The summed E-state index contributed by atoms with van der Waals surface area (Å²) in [6.07, 6.45) is 0. The van der Waals surface area contributed by atoms with E-state index < -0.39 is 5.97 Å². The average Bonchev–Trinajstić information content (AvgIpc) is 2.78. The van der Waals surface area contributed by atoms with Crippen LogP contribution < -0.4 is 0 Å². The highest BCUT2D eigenvalue weighted by Crippen LogP contribution is 2.29. The number of aromatic nitrogens is 1. The van der Waals surface area contributed by atoms with Gasteiger partial charge in [0.2, 0.25) is 11.7 Å². The first-order valence-corrected chi connectivity index (χ1v) is 6.70. The molecule has 0 bridgehead atoms. The largest absolute Gasteiger partial charge is 0.475 e. The first-order chi connectivity index (χ1) is 8.90. The van der Waals surface area contributed by atoms with Crippen molar-refractivity contribution in [2.75, 3.05) is 0 Å². The van der Waals surface area contributed by atoms with Gasteiger partial charge in [0, 0.05) is 10.0 Å². The number of benzene rings is 1. The van der Waals surface area contributed by atoms with Crippen molar-refractivity contribution in [2.45, 2.75) is 26.7 Å². The number of aryl methyl sites for hydroxylation is 1. The van der Waals surface area contributed by atoms with Crippen molar-refractivity contribution in [1.29, 1.82) is 0 Å². The lowest BCUT2D eigenvalue weighted by molar-refractivity contribution is 0.0661. The van der Waals surface area contributed by atoms with Gasteiger partial charge in [-0.2, -0.15) is 0 Å². The third-order valence-corrected chi connectivity index (χ3v) is 3.67.